The van der Waals surface area contributed by atoms with Gasteiger partial charge in [-0.3, -0.25) is 0 Å². The van der Waals surface area contributed by atoms with Gasteiger partial charge in [-0.25, -0.2) is 0 Å². The molecule has 0 saturated heterocycles. The summed E-state index contributed by atoms with van der Waals surface area (Å²) in [6.45, 7) is 5.93. The highest BCUT2D eigenvalue weighted by atomic mass is 16.5. The van der Waals surface area contributed by atoms with Crippen LogP contribution < -0.4 is 20.5 Å². The van der Waals surface area contributed by atoms with Gasteiger partial charge < -0.3 is 30.7 Å². The van der Waals surface area contributed by atoms with Gasteiger partial charge in [0.2, 0.25) is 0 Å². The molecule has 3 rings (SSSR count). The molecule has 2 aromatic rings. The highest BCUT2D eigenvalue weighted by molar-refractivity contribution is 5.30. The Balaban J connectivity index is 1.29. The van der Waals surface area contributed by atoms with E-state index in [0.717, 1.165) is 74.4 Å². The van der Waals surface area contributed by atoms with Crippen molar-refractivity contribution < 1.29 is 19.7 Å². The molecular formula is C34H54N2O4. The number of hydrogen-bond acceptors (Lipinski definition) is 6. The van der Waals surface area contributed by atoms with Gasteiger partial charge in [0.25, 0.3) is 0 Å². The van der Waals surface area contributed by atoms with Crippen molar-refractivity contribution >= 4 is 0 Å². The topological polar surface area (TPSA) is 97.0 Å². The number of rotatable bonds is 20. The number of unbranched alkanes of at least 4 members (excludes halogenated alkanes) is 1. The van der Waals surface area contributed by atoms with Gasteiger partial charge in [0.05, 0.1) is 25.4 Å². The van der Waals surface area contributed by atoms with Gasteiger partial charge in [-0.15, -0.1) is 0 Å². The van der Waals surface area contributed by atoms with Gasteiger partial charge >= 0.3 is 0 Å². The Bertz CT molecular complexity index is 934. The van der Waals surface area contributed by atoms with E-state index < -0.39 is 12.2 Å². The van der Waals surface area contributed by atoms with E-state index in [4.69, 9.17) is 15.2 Å². The summed E-state index contributed by atoms with van der Waals surface area (Å²) in [7, 11) is 0. The SMILES string of the molecule is CCCC(CCCCNCCC(O)c1cccc(OCC2CCCCC2)c1)COc1cccc(C(O)CCN)c1. The minimum atomic E-state index is -0.538. The normalized spacial score (nSPS) is 16.4. The van der Waals surface area contributed by atoms with Crippen LogP contribution in [-0.4, -0.2) is 43.1 Å². The minimum Gasteiger partial charge on any atom is -0.493 e. The molecule has 0 spiro atoms. The van der Waals surface area contributed by atoms with E-state index in [1.807, 2.05) is 48.5 Å². The van der Waals surface area contributed by atoms with Crippen LogP contribution in [0.2, 0.25) is 0 Å². The minimum absolute atomic E-state index is 0.462. The highest BCUT2D eigenvalue weighted by Gasteiger charge is 2.15. The maximum absolute atomic E-state index is 10.7. The Labute approximate surface area is 242 Å². The number of benzene rings is 2. The second-order valence-electron chi connectivity index (χ2n) is 11.6. The fourth-order valence-corrected chi connectivity index (χ4v) is 5.66. The van der Waals surface area contributed by atoms with Crippen molar-refractivity contribution in [1.29, 1.82) is 0 Å². The van der Waals surface area contributed by atoms with Crippen LogP contribution in [0.4, 0.5) is 0 Å². The van der Waals surface area contributed by atoms with Crippen molar-refractivity contribution in [3.8, 4) is 11.5 Å². The summed E-state index contributed by atoms with van der Waals surface area (Å²) < 4.78 is 12.2. The number of nitrogens with two attached hydrogens (primary N) is 1. The van der Waals surface area contributed by atoms with Crippen molar-refractivity contribution in [1.82, 2.24) is 5.32 Å². The molecule has 6 nitrogen and oxygen atoms in total. The maximum Gasteiger partial charge on any atom is 0.119 e. The van der Waals surface area contributed by atoms with E-state index in [2.05, 4.69) is 12.2 Å². The fraction of sp³-hybridized carbons (Fsp3) is 0.647. The van der Waals surface area contributed by atoms with E-state index in [9.17, 15) is 10.2 Å². The Morgan fingerprint density at radius 2 is 1.50 bits per heavy atom. The lowest BCUT2D eigenvalue weighted by Crippen LogP contribution is -2.19. The lowest BCUT2D eigenvalue weighted by molar-refractivity contribution is 0.165. The number of ether oxygens (including phenoxy) is 2. The van der Waals surface area contributed by atoms with Crippen LogP contribution in [0.25, 0.3) is 0 Å². The van der Waals surface area contributed by atoms with Gasteiger partial charge in [0, 0.05) is 0 Å². The molecule has 1 saturated carbocycles. The van der Waals surface area contributed by atoms with E-state index in [-0.39, 0.29) is 0 Å². The van der Waals surface area contributed by atoms with Crippen LogP contribution in [0, 0.1) is 11.8 Å². The molecule has 3 unspecified atom stereocenters. The van der Waals surface area contributed by atoms with E-state index in [1.165, 1.54) is 32.1 Å². The van der Waals surface area contributed by atoms with Crippen molar-refractivity contribution in [2.75, 3.05) is 32.8 Å². The van der Waals surface area contributed by atoms with Crippen LogP contribution in [0.1, 0.15) is 107 Å². The van der Waals surface area contributed by atoms with Gasteiger partial charge in [-0.2, -0.15) is 0 Å². The molecule has 1 aliphatic carbocycles. The Morgan fingerprint density at radius 3 is 2.17 bits per heavy atom. The zero-order valence-electron chi connectivity index (χ0n) is 24.7. The van der Waals surface area contributed by atoms with Crippen molar-refractivity contribution in [2.45, 2.75) is 96.2 Å². The Hall–Kier alpha value is -2.12. The van der Waals surface area contributed by atoms with Crippen LogP contribution >= 0.6 is 0 Å². The molecule has 2 aromatic carbocycles. The van der Waals surface area contributed by atoms with E-state index in [0.29, 0.717) is 37.8 Å². The molecule has 0 amide bonds. The third-order valence-electron chi connectivity index (χ3n) is 8.13. The molecule has 40 heavy (non-hydrogen) atoms. The molecule has 224 valence electrons. The summed E-state index contributed by atoms with van der Waals surface area (Å²) in [6, 6.07) is 15.7. The van der Waals surface area contributed by atoms with Crippen molar-refractivity contribution in [2.24, 2.45) is 17.6 Å². The molecular weight excluding hydrogens is 500 g/mol. The second-order valence-corrected chi connectivity index (χ2v) is 11.6. The van der Waals surface area contributed by atoms with Crippen molar-refractivity contribution in [3.63, 3.8) is 0 Å². The van der Waals surface area contributed by atoms with E-state index >= 15 is 0 Å². The molecule has 0 bridgehead atoms. The molecule has 1 fully saturated rings. The zero-order chi connectivity index (χ0) is 28.4. The standard InChI is InChI=1S/C34H54N2O4/c1-2-10-27(25-39-31-16-8-14-29(23-31)33(37)18-20-35)13-6-7-21-36-22-19-34(38)30-15-9-17-32(24-30)40-26-28-11-4-3-5-12-28/h8-9,14-17,23-24,27-28,33-34,36-38H,2-7,10-13,18-22,25-26,35H2,1H3. The average Bonchev–Trinajstić information content (AvgIpc) is 2.99. The van der Waals surface area contributed by atoms with Gasteiger partial charge in [0.15, 0.2) is 0 Å². The number of hydrogen-bond donors (Lipinski definition) is 4. The van der Waals surface area contributed by atoms with Gasteiger partial charge in [-0.05, 0) is 112 Å². The predicted octanol–water partition coefficient (Wildman–Crippen LogP) is 6.71. The summed E-state index contributed by atoms with van der Waals surface area (Å²) in [5.41, 5.74) is 7.38. The monoisotopic (exact) mass is 554 g/mol. The number of aliphatic hydroxyl groups excluding tert-OH is 2. The number of aliphatic hydroxyl groups is 2. The second kappa shape index (κ2) is 19.1. The molecule has 5 N–H and O–H groups in total. The smallest absolute Gasteiger partial charge is 0.119 e. The summed E-state index contributed by atoms with van der Waals surface area (Å²) in [5, 5.41) is 24.4. The lowest BCUT2D eigenvalue weighted by atomic mass is 9.90. The quantitative estimate of drug-likeness (QED) is 0.136. The summed E-state index contributed by atoms with van der Waals surface area (Å²) in [6.07, 6.45) is 12.5. The summed E-state index contributed by atoms with van der Waals surface area (Å²) in [4.78, 5) is 0. The molecule has 0 heterocycles. The first-order chi connectivity index (χ1) is 19.6. The average molecular weight is 555 g/mol. The lowest BCUT2D eigenvalue weighted by Gasteiger charge is -2.22. The molecule has 0 radical (unpaired) electrons. The first-order valence-electron chi connectivity index (χ1n) is 15.8. The molecule has 0 aliphatic heterocycles. The van der Waals surface area contributed by atoms with Crippen LogP contribution in [0.5, 0.6) is 11.5 Å². The maximum atomic E-state index is 10.7. The molecule has 1 aliphatic rings. The van der Waals surface area contributed by atoms with Crippen LogP contribution in [-0.2, 0) is 0 Å². The molecule has 3 atom stereocenters. The predicted molar refractivity (Wildman–Crippen MR) is 164 cm³/mol. The van der Waals surface area contributed by atoms with Crippen LogP contribution in [0.3, 0.4) is 0 Å². The summed E-state index contributed by atoms with van der Waals surface area (Å²) >= 11 is 0. The van der Waals surface area contributed by atoms with Crippen LogP contribution in [0.15, 0.2) is 48.5 Å². The molecule has 0 aromatic heterocycles. The number of nitrogens with one attached hydrogen (secondary N) is 1. The Morgan fingerprint density at radius 1 is 0.825 bits per heavy atom. The Kier molecular flexibility index (Phi) is 15.5. The third kappa shape index (κ3) is 12.2. The van der Waals surface area contributed by atoms with Gasteiger partial charge in [0.1, 0.15) is 11.5 Å². The zero-order valence-corrected chi connectivity index (χ0v) is 24.7. The first-order valence-corrected chi connectivity index (χ1v) is 15.8. The highest BCUT2D eigenvalue weighted by Crippen LogP contribution is 2.27. The summed E-state index contributed by atoms with van der Waals surface area (Å²) in [5.74, 6) is 2.89. The fourth-order valence-electron chi connectivity index (χ4n) is 5.66. The van der Waals surface area contributed by atoms with E-state index in [1.54, 1.807) is 0 Å². The van der Waals surface area contributed by atoms with Gasteiger partial charge in [-0.1, -0.05) is 63.3 Å². The molecule has 6 heteroatoms. The largest absolute Gasteiger partial charge is 0.493 e. The van der Waals surface area contributed by atoms with Crippen molar-refractivity contribution in [3.05, 3.63) is 59.7 Å². The third-order valence-corrected chi connectivity index (χ3v) is 8.13. The first kappa shape index (κ1) is 32.4.